The van der Waals surface area contributed by atoms with E-state index in [4.69, 9.17) is 0 Å². The summed E-state index contributed by atoms with van der Waals surface area (Å²) in [5.41, 5.74) is -4.01. The zero-order valence-corrected chi connectivity index (χ0v) is 21.0. The van der Waals surface area contributed by atoms with E-state index in [0.717, 1.165) is 13.0 Å². The number of Topliss-reactive ketones (excluding diaryl/α,β-unsaturated/α-hetero) is 5. The van der Waals surface area contributed by atoms with Crippen LogP contribution < -0.4 is 0 Å². The Kier molecular flexibility index (Phi) is 6.70. The molecule has 2 unspecified atom stereocenters. The van der Waals surface area contributed by atoms with Gasteiger partial charge in [0, 0.05) is 43.1 Å². The summed E-state index contributed by atoms with van der Waals surface area (Å²) in [5, 5.41) is 22.5. The number of aromatic hydroxyl groups is 1. The monoisotopic (exact) mass is 545 g/mol. The summed E-state index contributed by atoms with van der Waals surface area (Å²) in [6, 6.07) is 1.08. The quantitative estimate of drug-likeness (QED) is 0.437. The van der Waals surface area contributed by atoms with Gasteiger partial charge < -0.3 is 10.2 Å². The first kappa shape index (κ1) is 27.1. The Morgan fingerprint density at radius 1 is 1.10 bits per heavy atom. The van der Waals surface area contributed by atoms with E-state index in [9.17, 15) is 47.4 Å². The molecule has 39 heavy (non-hydrogen) atoms. The lowest BCUT2D eigenvalue weighted by Gasteiger charge is -2.48. The summed E-state index contributed by atoms with van der Waals surface area (Å²) in [7, 11) is 0. The third-order valence-electron chi connectivity index (χ3n) is 8.54. The van der Waals surface area contributed by atoms with Gasteiger partial charge in [-0.1, -0.05) is 12.2 Å². The van der Waals surface area contributed by atoms with Crippen molar-refractivity contribution in [2.24, 2.45) is 23.7 Å². The highest BCUT2D eigenvalue weighted by Gasteiger charge is 2.65. The number of nitrogens with zero attached hydrogens (tertiary/aromatic N) is 1. The van der Waals surface area contributed by atoms with Crippen LogP contribution in [0.15, 0.2) is 24.3 Å². The highest BCUT2D eigenvalue weighted by Crippen LogP contribution is 2.51. The van der Waals surface area contributed by atoms with E-state index < -0.39 is 93.4 Å². The molecule has 1 aromatic rings. The Morgan fingerprint density at radius 2 is 1.82 bits per heavy atom. The Hall–Kier alpha value is -3.44. The van der Waals surface area contributed by atoms with E-state index >= 15 is 0 Å². The van der Waals surface area contributed by atoms with Gasteiger partial charge in [-0.15, -0.1) is 0 Å². The maximum atomic E-state index is 14.8. The number of carbonyl (C=O) groups is 5. The molecule has 1 aromatic carbocycles. The van der Waals surface area contributed by atoms with E-state index in [1.165, 1.54) is 0 Å². The number of carbonyl (C=O) groups excluding carboxylic acids is 5. The molecule has 206 valence electrons. The van der Waals surface area contributed by atoms with E-state index in [-0.39, 0.29) is 30.5 Å². The van der Waals surface area contributed by atoms with E-state index in [1.807, 2.05) is 17.1 Å². The van der Waals surface area contributed by atoms with Gasteiger partial charge >= 0.3 is 6.08 Å². The van der Waals surface area contributed by atoms with Crippen LogP contribution >= 0.6 is 0 Å². The average Bonchev–Trinajstić information content (AvgIpc) is 2.87. The maximum Gasteiger partial charge on any atom is 0.306 e. The SMILES string of the molecule is CC(=O)C1C(=O)C[C@@H]2C[C@@H]3Cc4c(C(F)=C(F)F)cc(CN5CC=CCC5)c(O)c4C(=O)C3C(=O)[C@]2(O)C1=O. The topological polar surface area (TPSA) is 129 Å². The second-order valence-corrected chi connectivity index (χ2v) is 10.8. The van der Waals surface area contributed by atoms with Crippen molar-refractivity contribution in [3.05, 3.63) is 46.6 Å². The molecule has 2 N–H and O–H groups in total. The molecule has 4 aliphatic rings. The standard InChI is InChI=1S/C28H26F3NO7/c1-12(33)19-18(34)10-15-7-13-8-16-17(22(29)27(30)31)9-14(11-32-5-3-2-4-6-32)23(35)21(16)24(36)20(13)26(38)28(15,39)25(19)37/h2-3,9,13,15,19-20,35,39H,4-8,10-11H2,1H3/t13-,15+,19?,20?,28-/m1/s1. The zero-order valence-electron chi connectivity index (χ0n) is 21.0. The lowest BCUT2D eigenvalue weighted by Crippen LogP contribution is -2.67. The molecule has 0 amide bonds. The van der Waals surface area contributed by atoms with Crippen LogP contribution in [-0.4, -0.2) is 62.7 Å². The fraction of sp³-hybridized carbons (Fsp3) is 0.464. The molecule has 0 saturated heterocycles. The molecule has 3 aliphatic carbocycles. The molecule has 8 nitrogen and oxygen atoms in total. The van der Waals surface area contributed by atoms with Gasteiger partial charge in [0.1, 0.15) is 17.5 Å². The van der Waals surface area contributed by atoms with E-state index in [0.29, 0.717) is 19.5 Å². The number of hydrogen-bond acceptors (Lipinski definition) is 8. The van der Waals surface area contributed by atoms with Gasteiger partial charge in [0.25, 0.3) is 0 Å². The van der Waals surface area contributed by atoms with Crippen LogP contribution in [0.4, 0.5) is 13.2 Å². The molecule has 2 fully saturated rings. The highest BCUT2D eigenvalue weighted by atomic mass is 19.3. The highest BCUT2D eigenvalue weighted by molar-refractivity contribution is 6.31. The Labute approximate surface area is 221 Å². The van der Waals surface area contributed by atoms with Crippen molar-refractivity contribution in [1.29, 1.82) is 0 Å². The van der Waals surface area contributed by atoms with Crippen LogP contribution in [0.5, 0.6) is 5.75 Å². The van der Waals surface area contributed by atoms with Crippen molar-refractivity contribution in [3.8, 4) is 5.75 Å². The molecule has 5 rings (SSSR count). The minimum atomic E-state index is -2.76. The van der Waals surface area contributed by atoms with Crippen molar-refractivity contribution in [2.75, 3.05) is 13.1 Å². The molecular formula is C28H26F3NO7. The van der Waals surface area contributed by atoms with Gasteiger partial charge in [0.05, 0.1) is 11.5 Å². The van der Waals surface area contributed by atoms with Crippen molar-refractivity contribution in [3.63, 3.8) is 0 Å². The van der Waals surface area contributed by atoms with E-state index in [1.54, 1.807) is 0 Å². The lowest BCUT2D eigenvalue weighted by atomic mass is 9.53. The van der Waals surface area contributed by atoms with Gasteiger partial charge in [-0.3, -0.25) is 28.9 Å². The fourth-order valence-corrected chi connectivity index (χ4v) is 6.71. The largest absolute Gasteiger partial charge is 0.507 e. The molecular weight excluding hydrogens is 519 g/mol. The number of aliphatic hydroxyl groups is 1. The van der Waals surface area contributed by atoms with Crippen LogP contribution in [0.1, 0.15) is 53.2 Å². The van der Waals surface area contributed by atoms with Crippen molar-refractivity contribution >= 4 is 34.7 Å². The van der Waals surface area contributed by atoms with Crippen LogP contribution in [0.25, 0.3) is 5.83 Å². The zero-order chi connectivity index (χ0) is 28.4. The Morgan fingerprint density at radius 3 is 2.44 bits per heavy atom. The molecule has 5 atom stereocenters. The van der Waals surface area contributed by atoms with Gasteiger partial charge in [-0.25, -0.2) is 4.39 Å². The minimum Gasteiger partial charge on any atom is -0.507 e. The molecule has 1 heterocycles. The van der Waals surface area contributed by atoms with Gasteiger partial charge in [0.15, 0.2) is 34.6 Å². The first-order chi connectivity index (χ1) is 18.4. The number of fused-ring (bicyclic) bond motifs is 3. The second kappa shape index (κ2) is 9.63. The summed E-state index contributed by atoms with van der Waals surface area (Å²) in [4.78, 5) is 66.9. The number of phenols is 1. The molecule has 1 aliphatic heterocycles. The van der Waals surface area contributed by atoms with Crippen LogP contribution in [0.2, 0.25) is 0 Å². The number of ketones is 5. The molecule has 0 bridgehead atoms. The van der Waals surface area contributed by atoms with E-state index in [2.05, 4.69) is 0 Å². The number of benzene rings is 1. The molecule has 11 heteroatoms. The lowest BCUT2D eigenvalue weighted by molar-refractivity contribution is -0.175. The first-order valence-electron chi connectivity index (χ1n) is 12.7. The number of rotatable bonds is 4. The predicted molar refractivity (Wildman–Crippen MR) is 129 cm³/mol. The number of phenolic OH excluding ortho intramolecular Hbond substituents is 1. The van der Waals surface area contributed by atoms with Crippen LogP contribution in [-0.2, 0) is 32.1 Å². The maximum absolute atomic E-state index is 14.8. The second-order valence-electron chi connectivity index (χ2n) is 10.8. The normalized spacial score (nSPS) is 30.5. The number of hydrogen-bond donors (Lipinski definition) is 2. The van der Waals surface area contributed by atoms with Crippen molar-refractivity contribution in [1.82, 2.24) is 4.90 Å². The van der Waals surface area contributed by atoms with Gasteiger partial charge in [-0.2, -0.15) is 8.78 Å². The third-order valence-corrected chi connectivity index (χ3v) is 8.54. The van der Waals surface area contributed by atoms with Crippen molar-refractivity contribution < 1.29 is 47.4 Å². The minimum absolute atomic E-state index is 0.0121. The van der Waals surface area contributed by atoms with Crippen LogP contribution in [0, 0.1) is 23.7 Å². The summed E-state index contributed by atoms with van der Waals surface area (Å²) in [6.45, 7) is 2.06. The summed E-state index contributed by atoms with van der Waals surface area (Å²) >= 11 is 0. The first-order valence-corrected chi connectivity index (χ1v) is 12.7. The molecule has 0 aromatic heterocycles. The Balaban J connectivity index is 1.62. The van der Waals surface area contributed by atoms with Crippen molar-refractivity contribution in [2.45, 2.75) is 44.8 Å². The molecule has 0 spiro atoms. The Bertz CT molecular complexity index is 1400. The average molecular weight is 546 g/mol. The summed E-state index contributed by atoms with van der Waals surface area (Å²) in [5.74, 6) is -13.1. The summed E-state index contributed by atoms with van der Waals surface area (Å²) < 4.78 is 41.7. The molecule has 2 saturated carbocycles. The van der Waals surface area contributed by atoms with Crippen LogP contribution in [0.3, 0.4) is 0 Å². The molecule has 0 radical (unpaired) electrons. The smallest absolute Gasteiger partial charge is 0.306 e. The van der Waals surface area contributed by atoms with Gasteiger partial charge in [0.2, 0.25) is 0 Å². The predicted octanol–water partition coefficient (Wildman–Crippen LogP) is 2.73. The number of halogens is 3. The van der Waals surface area contributed by atoms with Gasteiger partial charge in [-0.05, 0) is 43.7 Å². The third kappa shape index (κ3) is 4.10. The fourth-order valence-electron chi connectivity index (χ4n) is 6.71. The summed E-state index contributed by atoms with van der Waals surface area (Å²) in [6.07, 6.45) is 0.970.